The Labute approximate surface area is 164 Å². The van der Waals surface area contributed by atoms with Crippen LogP contribution in [0.15, 0.2) is 54.7 Å². The van der Waals surface area contributed by atoms with Gasteiger partial charge in [-0.05, 0) is 55.2 Å². The first-order valence-corrected chi connectivity index (χ1v) is 9.73. The third-order valence-electron chi connectivity index (χ3n) is 5.51. The molecular weight excluding hydrogens is 353 g/mol. The number of likely N-dealkylation sites (tertiary alicyclic amines) is 1. The van der Waals surface area contributed by atoms with Crippen LogP contribution in [0.2, 0.25) is 0 Å². The van der Waals surface area contributed by atoms with Crippen LogP contribution in [0.5, 0.6) is 0 Å². The topological polar surface area (TPSA) is 45.2 Å². The summed E-state index contributed by atoms with van der Waals surface area (Å²) >= 11 is 0. The molecule has 4 nitrogen and oxygen atoms in total. The summed E-state index contributed by atoms with van der Waals surface area (Å²) in [5, 5.41) is 3.74. The van der Waals surface area contributed by atoms with E-state index >= 15 is 0 Å². The first kappa shape index (κ1) is 18.6. The van der Waals surface area contributed by atoms with Crippen molar-refractivity contribution in [3.05, 3.63) is 77.2 Å². The van der Waals surface area contributed by atoms with Crippen molar-refractivity contribution in [3.8, 4) is 0 Å². The molecule has 4 rings (SSSR count). The van der Waals surface area contributed by atoms with Crippen molar-refractivity contribution < 1.29 is 9.18 Å². The predicted molar refractivity (Wildman–Crippen MR) is 109 cm³/mol. The van der Waals surface area contributed by atoms with Gasteiger partial charge in [0.05, 0.1) is 5.52 Å². The van der Waals surface area contributed by atoms with Crippen LogP contribution in [-0.4, -0.2) is 34.9 Å². The highest BCUT2D eigenvalue weighted by Crippen LogP contribution is 2.22. The van der Waals surface area contributed by atoms with Gasteiger partial charge in [0.15, 0.2) is 0 Å². The Bertz CT molecular complexity index is 996. The van der Waals surface area contributed by atoms with Gasteiger partial charge < -0.3 is 5.32 Å². The summed E-state index contributed by atoms with van der Waals surface area (Å²) in [6, 6.07) is 14.7. The highest BCUT2D eigenvalue weighted by Gasteiger charge is 2.22. The summed E-state index contributed by atoms with van der Waals surface area (Å²) < 4.78 is 14.0. The van der Waals surface area contributed by atoms with Crippen LogP contribution < -0.4 is 5.32 Å². The largest absolute Gasteiger partial charge is 0.349 e. The number of halogens is 1. The van der Waals surface area contributed by atoms with Gasteiger partial charge in [0, 0.05) is 42.8 Å². The number of nitrogens with zero attached hydrogens (tertiary/aromatic N) is 2. The zero-order chi connectivity index (χ0) is 19.5. The SMILES string of the molecule is Cc1ccccc1C(=O)NC1CCN(Cc2ccc(F)c3cccnc23)CC1. The van der Waals surface area contributed by atoms with Crippen LogP contribution in [0.1, 0.15) is 34.3 Å². The van der Waals surface area contributed by atoms with Gasteiger partial charge in [-0.1, -0.05) is 24.3 Å². The number of hydrogen-bond acceptors (Lipinski definition) is 3. The number of piperidine rings is 1. The molecule has 28 heavy (non-hydrogen) atoms. The van der Waals surface area contributed by atoms with Gasteiger partial charge in [-0.3, -0.25) is 14.7 Å². The van der Waals surface area contributed by atoms with E-state index in [-0.39, 0.29) is 17.8 Å². The highest BCUT2D eigenvalue weighted by atomic mass is 19.1. The molecule has 1 amide bonds. The number of aryl methyl sites for hydroxylation is 1. The fourth-order valence-electron chi connectivity index (χ4n) is 3.89. The molecule has 0 unspecified atom stereocenters. The van der Waals surface area contributed by atoms with Gasteiger partial charge in [0.25, 0.3) is 5.91 Å². The lowest BCUT2D eigenvalue weighted by atomic mass is 10.0. The summed E-state index contributed by atoms with van der Waals surface area (Å²) in [7, 11) is 0. The molecule has 144 valence electrons. The van der Waals surface area contributed by atoms with Gasteiger partial charge in [0.1, 0.15) is 5.82 Å². The van der Waals surface area contributed by atoms with Crippen molar-refractivity contribution in [3.63, 3.8) is 0 Å². The van der Waals surface area contributed by atoms with Crippen molar-refractivity contribution in [2.24, 2.45) is 0 Å². The first-order chi connectivity index (χ1) is 13.6. The van der Waals surface area contributed by atoms with Gasteiger partial charge in [-0.15, -0.1) is 0 Å². The van der Waals surface area contributed by atoms with E-state index in [4.69, 9.17) is 0 Å². The van der Waals surface area contributed by atoms with Crippen LogP contribution in [0.25, 0.3) is 10.9 Å². The second kappa shape index (κ2) is 8.07. The lowest BCUT2D eigenvalue weighted by Crippen LogP contribution is -2.44. The monoisotopic (exact) mass is 377 g/mol. The standard InChI is InChI=1S/C23H24FN3O/c1-16-5-2-3-6-19(16)23(28)26-18-10-13-27(14-11-18)15-17-8-9-21(24)20-7-4-12-25-22(17)20/h2-9,12,18H,10-11,13-15H2,1H3,(H,26,28). The average Bonchev–Trinajstić information content (AvgIpc) is 2.72. The maximum atomic E-state index is 14.0. The number of amides is 1. The zero-order valence-corrected chi connectivity index (χ0v) is 16.0. The predicted octanol–water partition coefficient (Wildman–Crippen LogP) is 4.08. The van der Waals surface area contributed by atoms with Gasteiger partial charge in [-0.25, -0.2) is 4.39 Å². The minimum Gasteiger partial charge on any atom is -0.349 e. The normalized spacial score (nSPS) is 15.6. The minimum atomic E-state index is -0.232. The molecule has 0 atom stereocenters. The summed E-state index contributed by atoms with van der Waals surface area (Å²) in [5.41, 5.74) is 3.51. The van der Waals surface area contributed by atoms with E-state index in [2.05, 4.69) is 15.2 Å². The molecule has 2 aromatic carbocycles. The number of nitrogens with one attached hydrogen (secondary N) is 1. The van der Waals surface area contributed by atoms with Crippen LogP contribution >= 0.6 is 0 Å². The molecule has 2 heterocycles. The van der Waals surface area contributed by atoms with Gasteiger partial charge >= 0.3 is 0 Å². The summed E-state index contributed by atoms with van der Waals surface area (Å²) in [4.78, 5) is 19.2. The van der Waals surface area contributed by atoms with Crippen molar-refractivity contribution in [2.75, 3.05) is 13.1 Å². The Balaban J connectivity index is 1.37. The van der Waals surface area contributed by atoms with Crippen molar-refractivity contribution in [1.29, 1.82) is 0 Å². The fourth-order valence-corrected chi connectivity index (χ4v) is 3.89. The first-order valence-electron chi connectivity index (χ1n) is 9.73. The summed E-state index contributed by atoms with van der Waals surface area (Å²) in [5.74, 6) is -0.227. The number of benzene rings is 2. The van der Waals surface area contributed by atoms with Crippen LogP contribution in [0.4, 0.5) is 4.39 Å². The van der Waals surface area contributed by atoms with Crippen molar-refractivity contribution >= 4 is 16.8 Å². The average molecular weight is 377 g/mol. The lowest BCUT2D eigenvalue weighted by molar-refractivity contribution is 0.0908. The van der Waals surface area contributed by atoms with Crippen LogP contribution in [-0.2, 0) is 6.54 Å². The molecule has 0 radical (unpaired) electrons. The lowest BCUT2D eigenvalue weighted by Gasteiger charge is -2.32. The maximum absolute atomic E-state index is 14.0. The fraction of sp³-hybridized carbons (Fsp3) is 0.304. The van der Waals surface area contributed by atoms with Crippen molar-refractivity contribution in [1.82, 2.24) is 15.2 Å². The van der Waals surface area contributed by atoms with Crippen LogP contribution in [0, 0.1) is 12.7 Å². The van der Waals surface area contributed by atoms with E-state index in [9.17, 15) is 9.18 Å². The molecule has 3 aromatic rings. The smallest absolute Gasteiger partial charge is 0.251 e. The molecular formula is C23H24FN3O. The number of hydrogen-bond donors (Lipinski definition) is 1. The molecule has 0 bridgehead atoms. The Hall–Kier alpha value is -2.79. The number of carbonyl (C=O) groups is 1. The minimum absolute atomic E-state index is 0.00489. The number of pyridine rings is 1. The Morgan fingerprint density at radius 3 is 2.71 bits per heavy atom. The Kier molecular flexibility index (Phi) is 5.35. The second-order valence-corrected chi connectivity index (χ2v) is 7.44. The second-order valence-electron chi connectivity index (χ2n) is 7.44. The third-order valence-corrected chi connectivity index (χ3v) is 5.51. The summed E-state index contributed by atoms with van der Waals surface area (Å²) in [6.07, 6.45) is 3.52. The number of fused-ring (bicyclic) bond motifs is 1. The highest BCUT2D eigenvalue weighted by molar-refractivity contribution is 5.95. The maximum Gasteiger partial charge on any atom is 0.251 e. The molecule has 0 spiro atoms. The van der Waals surface area contributed by atoms with E-state index in [1.165, 1.54) is 6.07 Å². The number of aromatic nitrogens is 1. The third kappa shape index (κ3) is 3.90. The molecule has 5 heteroatoms. The quantitative estimate of drug-likeness (QED) is 0.745. The van der Waals surface area contributed by atoms with Crippen LogP contribution in [0.3, 0.4) is 0 Å². The Morgan fingerprint density at radius 2 is 1.93 bits per heavy atom. The molecule has 1 aromatic heterocycles. The van der Waals surface area contributed by atoms with E-state index < -0.39 is 0 Å². The molecule has 1 N–H and O–H groups in total. The number of carbonyl (C=O) groups excluding carboxylic acids is 1. The van der Waals surface area contributed by atoms with Gasteiger partial charge in [-0.2, -0.15) is 0 Å². The van der Waals surface area contributed by atoms with E-state index in [1.54, 1.807) is 18.3 Å². The van der Waals surface area contributed by atoms with E-state index in [0.29, 0.717) is 5.39 Å². The van der Waals surface area contributed by atoms with E-state index in [1.807, 2.05) is 37.3 Å². The molecule has 1 aliphatic rings. The molecule has 0 saturated carbocycles. The Morgan fingerprint density at radius 1 is 1.14 bits per heavy atom. The molecule has 0 aliphatic carbocycles. The molecule has 1 saturated heterocycles. The van der Waals surface area contributed by atoms with Crippen molar-refractivity contribution in [2.45, 2.75) is 32.4 Å². The zero-order valence-electron chi connectivity index (χ0n) is 16.0. The number of rotatable bonds is 4. The van der Waals surface area contributed by atoms with Gasteiger partial charge in [0.2, 0.25) is 0 Å². The summed E-state index contributed by atoms with van der Waals surface area (Å²) in [6.45, 7) is 4.49. The van der Waals surface area contributed by atoms with E-state index in [0.717, 1.165) is 54.7 Å². The molecule has 1 aliphatic heterocycles. The molecule has 1 fully saturated rings.